The van der Waals surface area contributed by atoms with E-state index < -0.39 is 8.32 Å². The minimum atomic E-state index is -2.04. The van der Waals surface area contributed by atoms with Crippen LogP contribution in [0.15, 0.2) is 0 Å². The quantitative estimate of drug-likeness (QED) is 0.598. The summed E-state index contributed by atoms with van der Waals surface area (Å²) < 4.78 is 0. The Morgan fingerprint density at radius 3 is 1.81 bits per heavy atom. The Morgan fingerprint density at radius 2 is 1.50 bits per heavy atom. The van der Waals surface area contributed by atoms with E-state index >= 15 is 0 Å². The molecule has 1 N–H and O–H groups in total. The molecule has 1 nitrogen and oxygen atoms in total. The van der Waals surface area contributed by atoms with E-state index in [0.29, 0.717) is 11.1 Å². The maximum atomic E-state index is 10.9. The summed E-state index contributed by atoms with van der Waals surface area (Å²) in [5.74, 6) is 0.751. The van der Waals surface area contributed by atoms with Crippen LogP contribution in [0.5, 0.6) is 0 Å². The third kappa shape index (κ3) is 4.58. The van der Waals surface area contributed by atoms with E-state index in [4.69, 9.17) is 0 Å². The van der Waals surface area contributed by atoms with Crippen molar-refractivity contribution < 1.29 is 4.80 Å². The molecule has 1 atom stereocenters. The first kappa shape index (κ1) is 16.2. The summed E-state index contributed by atoms with van der Waals surface area (Å²) in [6, 6.07) is 1.11. The molecule has 0 radical (unpaired) electrons. The molecule has 0 amide bonds. The summed E-state index contributed by atoms with van der Waals surface area (Å²) in [7, 11) is -2.04. The van der Waals surface area contributed by atoms with Gasteiger partial charge in [0.05, 0.1) is 0 Å². The fraction of sp³-hybridized carbons (Fsp3) is 1.00. The molecule has 0 aliphatic heterocycles. The van der Waals surface area contributed by atoms with Crippen LogP contribution >= 0.6 is 0 Å². The second-order valence-electron chi connectivity index (χ2n) is 5.92. The minimum Gasteiger partial charge on any atom is -0.431 e. The van der Waals surface area contributed by atoms with E-state index in [1.165, 1.54) is 25.7 Å². The van der Waals surface area contributed by atoms with E-state index in [2.05, 4.69) is 41.5 Å². The summed E-state index contributed by atoms with van der Waals surface area (Å²) in [4.78, 5) is 10.9. The van der Waals surface area contributed by atoms with E-state index in [0.717, 1.165) is 12.0 Å². The first-order chi connectivity index (χ1) is 7.38. The molecule has 0 aromatic rings. The van der Waals surface area contributed by atoms with Gasteiger partial charge in [-0.25, -0.2) is 0 Å². The highest BCUT2D eigenvalue weighted by Crippen LogP contribution is 2.37. The molecular weight excluding hydrogens is 212 g/mol. The van der Waals surface area contributed by atoms with Crippen LogP contribution in [0.4, 0.5) is 0 Å². The molecule has 0 aromatic carbocycles. The van der Waals surface area contributed by atoms with Gasteiger partial charge in [-0.05, 0) is 23.0 Å². The van der Waals surface area contributed by atoms with Crippen molar-refractivity contribution in [2.45, 2.75) is 84.4 Å². The molecule has 0 bridgehead atoms. The molecule has 1 unspecified atom stereocenters. The predicted molar refractivity (Wildman–Crippen MR) is 76.3 cm³/mol. The summed E-state index contributed by atoms with van der Waals surface area (Å²) in [6.45, 7) is 13.4. The molecule has 0 saturated heterocycles. The molecule has 0 fully saturated rings. The Bertz CT molecular complexity index is 170. The normalized spacial score (nSPS) is 14.8. The van der Waals surface area contributed by atoms with Crippen LogP contribution in [-0.4, -0.2) is 13.1 Å². The molecule has 0 aliphatic carbocycles. The van der Waals surface area contributed by atoms with Gasteiger partial charge in [-0.15, -0.1) is 0 Å². The smallest absolute Gasteiger partial charge is 0.193 e. The number of hydrogen-bond donors (Lipinski definition) is 1. The molecule has 98 valence electrons. The van der Waals surface area contributed by atoms with Gasteiger partial charge in [-0.1, -0.05) is 67.2 Å². The molecule has 0 aromatic heterocycles. The zero-order chi connectivity index (χ0) is 12.8. The van der Waals surface area contributed by atoms with E-state index in [9.17, 15) is 4.80 Å². The van der Waals surface area contributed by atoms with E-state index in [-0.39, 0.29) is 0 Å². The third-order valence-electron chi connectivity index (χ3n) is 4.16. The van der Waals surface area contributed by atoms with Crippen molar-refractivity contribution in [3.63, 3.8) is 0 Å². The maximum absolute atomic E-state index is 10.9. The Kier molecular flexibility index (Phi) is 7.58. The molecule has 2 heteroatoms. The van der Waals surface area contributed by atoms with Crippen molar-refractivity contribution in [3.8, 4) is 0 Å². The highest BCUT2D eigenvalue weighted by atomic mass is 28.4. The van der Waals surface area contributed by atoms with Gasteiger partial charge < -0.3 is 4.80 Å². The zero-order valence-corrected chi connectivity index (χ0v) is 13.2. The molecule has 0 spiro atoms. The van der Waals surface area contributed by atoms with Crippen LogP contribution < -0.4 is 0 Å². The SMILES string of the molecule is CCCCC(CC)C[Si](O)(C(C)C)C(C)C. The lowest BCUT2D eigenvalue weighted by molar-refractivity contribution is 0.424. The van der Waals surface area contributed by atoms with Gasteiger partial charge >= 0.3 is 0 Å². The summed E-state index contributed by atoms with van der Waals surface area (Å²) in [5.41, 5.74) is 0.978. The van der Waals surface area contributed by atoms with Crippen LogP contribution in [0.3, 0.4) is 0 Å². The van der Waals surface area contributed by atoms with Gasteiger partial charge in [0.15, 0.2) is 8.32 Å². The lowest BCUT2D eigenvalue weighted by Gasteiger charge is -2.36. The fourth-order valence-corrected chi connectivity index (χ4v) is 6.24. The maximum Gasteiger partial charge on any atom is 0.193 e. The monoisotopic (exact) mass is 244 g/mol. The average molecular weight is 244 g/mol. The van der Waals surface area contributed by atoms with Crippen molar-refractivity contribution >= 4 is 8.32 Å². The fourth-order valence-electron chi connectivity index (χ4n) is 2.54. The summed E-state index contributed by atoms with van der Waals surface area (Å²) >= 11 is 0. The first-order valence-corrected chi connectivity index (χ1v) is 9.41. The standard InChI is InChI=1S/C14H32OSi/c1-7-9-10-14(8-2)11-16(15,12(3)4)13(5)6/h12-15H,7-11H2,1-6H3. The highest BCUT2D eigenvalue weighted by Gasteiger charge is 2.39. The van der Waals surface area contributed by atoms with Crippen LogP contribution in [-0.2, 0) is 0 Å². The molecule has 0 aliphatic rings. The molecule has 0 heterocycles. The Hall–Kier alpha value is 0.177. The Balaban J connectivity index is 4.47. The molecule has 16 heavy (non-hydrogen) atoms. The van der Waals surface area contributed by atoms with Crippen LogP contribution in [0.2, 0.25) is 17.1 Å². The van der Waals surface area contributed by atoms with Gasteiger partial charge in [0.25, 0.3) is 0 Å². The van der Waals surface area contributed by atoms with Gasteiger partial charge in [0.2, 0.25) is 0 Å². The Morgan fingerprint density at radius 1 is 1.00 bits per heavy atom. The second-order valence-corrected chi connectivity index (χ2v) is 10.6. The van der Waals surface area contributed by atoms with Crippen LogP contribution in [0, 0.1) is 5.92 Å². The van der Waals surface area contributed by atoms with Crippen molar-refractivity contribution in [2.75, 3.05) is 0 Å². The van der Waals surface area contributed by atoms with Crippen molar-refractivity contribution in [1.82, 2.24) is 0 Å². The predicted octanol–water partition coefficient (Wildman–Crippen LogP) is 4.96. The minimum absolute atomic E-state index is 0.489. The molecule has 0 rings (SSSR count). The van der Waals surface area contributed by atoms with Crippen LogP contribution in [0.1, 0.15) is 67.2 Å². The summed E-state index contributed by atoms with van der Waals surface area (Å²) in [5, 5.41) is 0. The van der Waals surface area contributed by atoms with Gasteiger partial charge in [0.1, 0.15) is 0 Å². The van der Waals surface area contributed by atoms with E-state index in [1.807, 2.05) is 0 Å². The lowest BCUT2D eigenvalue weighted by Crippen LogP contribution is -2.43. The average Bonchev–Trinajstić information content (AvgIpc) is 2.23. The van der Waals surface area contributed by atoms with Gasteiger partial charge in [-0.3, -0.25) is 0 Å². The first-order valence-electron chi connectivity index (χ1n) is 7.10. The topological polar surface area (TPSA) is 20.2 Å². The van der Waals surface area contributed by atoms with Crippen molar-refractivity contribution in [2.24, 2.45) is 5.92 Å². The van der Waals surface area contributed by atoms with Crippen molar-refractivity contribution in [3.05, 3.63) is 0 Å². The Labute approximate surface area is 104 Å². The molecular formula is C14H32OSi. The third-order valence-corrected chi connectivity index (χ3v) is 9.39. The van der Waals surface area contributed by atoms with Gasteiger partial charge in [-0.2, -0.15) is 0 Å². The zero-order valence-electron chi connectivity index (χ0n) is 12.2. The number of hydrogen-bond acceptors (Lipinski definition) is 1. The number of rotatable bonds is 8. The van der Waals surface area contributed by atoms with Gasteiger partial charge in [0, 0.05) is 0 Å². The largest absolute Gasteiger partial charge is 0.431 e. The van der Waals surface area contributed by atoms with Crippen molar-refractivity contribution in [1.29, 1.82) is 0 Å². The van der Waals surface area contributed by atoms with E-state index in [1.54, 1.807) is 0 Å². The van der Waals surface area contributed by atoms with Crippen LogP contribution in [0.25, 0.3) is 0 Å². The summed E-state index contributed by atoms with van der Waals surface area (Å²) in [6.07, 6.45) is 5.13. The lowest BCUT2D eigenvalue weighted by atomic mass is 10.0. The second kappa shape index (κ2) is 7.49. The number of unbranched alkanes of at least 4 members (excludes halogenated alkanes) is 1. The molecule has 0 saturated carbocycles. The highest BCUT2D eigenvalue weighted by molar-refractivity contribution is 6.75.